The summed E-state index contributed by atoms with van der Waals surface area (Å²) in [5.41, 5.74) is -1.37. The molecule has 0 heterocycles. The first-order chi connectivity index (χ1) is 22.4. The maximum absolute atomic E-state index is 13.3. The van der Waals surface area contributed by atoms with Gasteiger partial charge < -0.3 is 18.9 Å². The van der Waals surface area contributed by atoms with Crippen molar-refractivity contribution in [3.63, 3.8) is 0 Å². The standard InChI is InChI=1S/C34H36Cl6O8/c1-7-33(8-2)13-31(33,5)15-45-27(41)21-23(39)17(35)11-19(37)25(21)47-29(43)30(44)48-26-20(38)12-18(36)24(40)22(26)28(42)46-16-32(6)14-34(32,9-3)10-4/h11-12H,7-10,13-16H2,1-6H3. The number of carbonyl (C=O) groups is 4. The summed E-state index contributed by atoms with van der Waals surface area (Å²) in [6, 6.07) is 2.27. The number of rotatable bonds is 12. The zero-order chi connectivity index (χ0) is 36.0. The fourth-order valence-electron chi connectivity index (χ4n) is 7.10. The van der Waals surface area contributed by atoms with E-state index >= 15 is 0 Å². The van der Waals surface area contributed by atoms with Crippen LogP contribution in [0.2, 0.25) is 30.1 Å². The van der Waals surface area contributed by atoms with Gasteiger partial charge >= 0.3 is 23.9 Å². The summed E-state index contributed by atoms with van der Waals surface area (Å²) in [5, 5.41) is -1.48. The molecule has 48 heavy (non-hydrogen) atoms. The van der Waals surface area contributed by atoms with E-state index in [2.05, 4.69) is 27.7 Å². The lowest BCUT2D eigenvalue weighted by Crippen LogP contribution is -2.28. The van der Waals surface area contributed by atoms with Crippen LogP contribution in [0.25, 0.3) is 0 Å². The molecule has 2 atom stereocenters. The quantitative estimate of drug-likeness (QED) is 0.0907. The fraction of sp³-hybridized carbons (Fsp3) is 0.529. The third-order valence-corrected chi connectivity index (χ3v) is 12.9. The van der Waals surface area contributed by atoms with Gasteiger partial charge in [0.1, 0.15) is 11.1 Å². The van der Waals surface area contributed by atoms with Crippen LogP contribution < -0.4 is 9.47 Å². The summed E-state index contributed by atoms with van der Waals surface area (Å²) in [7, 11) is 0. The molecular formula is C34H36Cl6O8. The zero-order valence-electron chi connectivity index (χ0n) is 27.3. The van der Waals surface area contributed by atoms with E-state index in [4.69, 9.17) is 88.6 Å². The summed E-state index contributed by atoms with van der Waals surface area (Å²) in [6.07, 6.45) is 5.36. The van der Waals surface area contributed by atoms with Crippen molar-refractivity contribution in [1.29, 1.82) is 0 Å². The van der Waals surface area contributed by atoms with Gasteiger partial charge in [0.15, 0.2) is 11.5 Å². The van der Waals surface area contributed by atoms with Crippen LogP contribution in [0, 0.1) is 21.7 Å². The Bertz CT molecular complexity index is 1550. The Morgan fingerprint density at radius 2 is 0.896 bits per heavy atom. The van der Waals surface area contributed by atoms with E-state index in [0.717, 1.165) is 50.7 Å². The minimum Gasteiger partial charge on any atom is -0.461 e. The highest BCUT2D eigenvalue weighted by Crippen LogP contribution is 2.68. The van der Waals surface area contributed by atoms with E-state index < -0.39 is 46.5 Å². The molecule has 2 aromatic carbocycles. The first kappa shape index (κ1) is 38.9. The molecule has 2 aliphatic rings. The van der Waals surface area contributed by atoms with Crippen molar-refractivity contribution in [3.05, 3.63) is 53.4 Å². The van der Waals surface area contributed by atoms with Crippen molar-refractivity contribution >= 4 is 93.5 Å². The molecule has 0 amide bonds. The molecule has 0 radical (unpaired) electrons. The summed E-state index contributed by atoms with van der Waals surface area (Å²) < 4.78 is 21.7. The van der Waals surface area contributed by atoms with Crippen molar-refractivity contribution in [1.82, 2.24) is 0 Å². The smallest absolute Gasteiger partial charge is 0.423 e. The number of benzene rings is 2. The Morgan fingerprint density at radius 1 is 0.583 bits per heavy atom. The fourth-order valence-corrected chi connectivity index (χ4v) is 8.54. The lowest BCUT2D eigenvalue weighted by molar-refractivity contribution is -0.156. The molecule has 262 valence electrons. The van der Waals surface area contributed by atoms with E-state index in [1.165, 1.54) is 0 Å². The Kier molecular flexibility index (Phi) is 11.6. The SMILES string of the molecule is CCC1(CC)CC1(C)COC(=O)c1c(Cl)c(Cl)cc(Cl)c1OC(=O)C(=O)Oc1c(Cl)cc(Cl)c(Cl)c1C(=O)OCC1(C)CC1(CC)CC. The van der Waals surface area contributed by atoms with E-state index in [0.29, 0.717) is 0 Å². The van der Waals surface area contributed by atoms with Crippen LogP contribution in [-0.4, -0.2) is 37.1 Å². The third kappa shape index (κ3) is 7.00. The monoisotopic (exact) mass is 782 g/mol. The van der Waals surface area contributed by atoms with Crippen LogP contribution in [0.3, 0.4) is 0 Å². The van der Waals surface area contributed by atoms with Crippen LogP contribution in [0.4, 0.5) is 0 Å². The van der Waals surface area contributed by atoms with Crippen molar-refractivity contribution in [3.8, 4) is 11.5 Å². The van der Waals surface area contributed by atoms with Crippen molar-refractivity contribution in [2.24, 2.45) is 21.7 Å². The van der Waals surface area contributed by atoms with Gasteiger partial charge in [-0.3, -0.25) is 0 Å². The molecule has 0 aromatic heterocycles. The first-order valence-corrected chi connectivity index (χ1v) is 17.8. The van der Waals surface area contributed by atoms with Gasteiger partial charge in [-0.25, -0.2) is 19.2 Å². The average Bonchev–Trinajstić information content (AvgIpc) is 3.88. The average molecular weight is 785 g/mol. The second-order valence-electron chi connectivity index (χ2n) is 13.1. The first-order valence-electron chi connectivity index (χ1n) is 15.5. The summed E-state index contributed by atoms with van der Waals surface area (Å²) in [5.74, 6) is -6.37. The zero-order valence-corrected chi connectivity index (χ0v) is 31.9. The van der Waals surface area contributed by atoms with Gasteiger partial charge in [0.2, 0.25) is 0 Å². The molecule has 2 aliphatic carbocycles. The molecule has 4 rings (SSSR count). The molecule has 2 saturated carbocycles. The minimum absolute atomic E-state index is 0.0324. The van der Waals surface area contributed by atoms with Gasteiger partial charge in [-0.1, -0.05) is 111 Å². The van der Waals surface area contributed by atoms with Crippen LogP contribution >= 0.6 is 69.6 Å². The Hall–Kier alpha value is -1.94. The second-order valence-corrected chi connectivity index (χ2v) is 15.5. The highest BCUT2D eigenvalue weighted by Gasteiger charge is 2.63. The summed E-state index contributed by atoms with van der Waals surface area (Å²) in [6.45, 7) is 12.5. The van der Waals surface area contributed by atoms with Gasteiger partial charge in [0.05, 0.1) is 43.3 Å². The highest BCUT2D eigenvalue weighted by molar-refractivity contribution is 6.47. The van der Waals surface area contributed by atoms with Crippen molar-refractivity contribution in [2.45, 2.75) is 80.1 Å². The van der Waals surface area contributed by atoms with Gasteiger partial charge in [0, 0.05) is 10.8 Å². The Balaban J connectivity index is 1.55. The van der Waals surface area contributed by atoms with Crippen LogP contribution in [0.5, 0.6) is 11.5 Å². The molecule has 8 nitrogen and oxygen atoms in total. The predicted molar refractivity (Wildman–Crippen MR) is 186 cm³/mol. The second kappa shape index (κ2) is 14.4. The number of hydrogen-bond donors (Lipinski definition) is 0. The maximum atomic E-state index is 13.3. The molecule has 0 saturated heterocycles. The molecule has 0 spiro atoms. The van der Waals surface area contributed by atoms with Crippen LogP contribution in [-0.2, 0) is 19.1 Å². The largest absolute Gasteiger partial charge is 0.461 e. The number of halogens is 6. The van der Waals surface area contributed by atoms with Gasteiger partial charge in [-0.15, -0.1) is 0 Å². The molecular weight excluding hydrogens is 749 g/mol. The number of esters is 4. The summed E-state index contributed by atoms with van der Waals surface area (Å²) in [4.78, 5) is 52.8. The maximum Gasteiger partial charge on any atom is 0.423 e. The number of ether oxygens (including phenoxy) is 4. The molecule has 0 bridgehead atoms. The van der Waals surface area contributed by atoms with Gasteiger partial charge in [-0.05, 0) is 61.5 Å². The normalized spacial score (nSPS) is 21.7. The lowest BCUT2D eigenvalue weighted by Gasteiger charge is -2.21. The van der Waals surface area contributed by atoms with E-state index in [9.17, 15) is 19.2 Å². The molecule has 0 aliphatic heterocycles. The van der Waals surface area contributed by atoms with Gasteiger partial charge in [-0.2, -0.15) is 0 Å². The van der Waals surface area contributed by atoms with E-state index in [-0.39, 0.29) is 65.0 Å². The Morgan fingerprint density at radius 3 is 1.17 bits per heavy atom. The Labute approximate surface area is 309 Å². The third-order valence-electron chi connectivity index (χ3n) is 10.7. The van der Waals surface area contributed by atoms with Crippen molar-refractivity contribution < 1.29 is 38.1 Å². The van der Waals surface area contributed by atoms with Crippen LogP contribution in [0.15, 0.2) is 12.1 Å². The molecule has 0 N–H and O–H groups in total. The number of carbonyl (C=O) groups excluding carboxylic acids is 4. The highest BCUT2D eigenvalue weighted by atomic mass is 35.5. The van der Waals surface area contributed by atoms with Gasteiger partial charge in [0.25, 0.3) is 0 Å². The summed E-state index contributed by atoms with van der Waals surface area (Å²) >= 11 is 37.7. The number of hydrogen-bond acceptors (Lipinski definition) is 8. The molecule has 14 heteroatoms. The minimum atomic E-state index is -1.64. The molecule has 2 fully saturated rings. The lowest BCUT2D eigenvalue weighted by atomic mass is 9.90. The van der Waals surface area contributed by atoms with Crippen LogP contribution in [0.1, 0.15) is 101 Å². The topological polar surface area (TPSA) is 105 Å². The van der Waals surface area contributed by atoms with Crippen molar-refractivity contribution in [2.75, 3.05) is 13.2 Å². The predicted octanol–water partition coefficient (Wildman–Crippen LogP) is 10.9. The van der Waals surface area contributed by atoms with E-state index in [1.54, 1.807) is 0 Å². The molecule has 2 aromatic rings. The van der Waals surface area contributed by atoms with E-state index in [1.807, 2.05) is 13.8 Å². The molecule has 2 unspecified atom stereocenters.